The lowest BCUT2D eigenvalue weighted by atomic mass is 9.91. The highest BCUT2D eigenvalue weighted by atomic mass is 35.5. The minimum atomic E-state index is -1.10. The largest absolute Gasteiger partial charge is 0.508 e. The van der Waals surface area contributed by atoms with Crippen LogP contribution >= 0.6 is 11.6 Å². The fourth-order valence-electron chi connectivity index (χ4n) is 5.04. The monoisotopic (exact) mass is 621 g/mol. The van der Waals surface area contributed by atoms with Crippen LogP contribution in [0.4, 0.5) is 10.5 Å². The number of phenols is 1. The van der Waals surface area contributed by atoms with Crippen molar-refractivity contribution in [1.82, 2.24) is 10.2 Å². The summed E-state index contributed by atoms with van der Waals surface area (Å²) in [6.45, 7) is 16.5. The third-order valence-electron chi connectivity index (χ3n) is 7.02. The SMILES string of the molecule is Cc1ccc(C(C(=O)Nc2c(C)cccc2Cl)N(C(=O)C(Cc2ccc(O)cc2)NC(=O)OC(C)(C)C)C(C)(C)C)c(C)c1. The first kappa shape index (κ1) is 34.5. The van der Waals surface area contributed by atoms with Gasteiger partial charge >= 0.3 is 6.09 Å². The second-order valence-corrected chi connectivity index (χ2v) is 13.5. The number of rotatable bonds is 8. The number of carbonyl (C=O) groups excluding carboxylic acids is 3. The molecule has 0 spiro atoms. The third-order valence-corrected chi connectivity index (χ3v) is 7.34. The van der Waals surface area contributed by atoms with Gasteiger partial charge < -0.3 is 25.4 Å². The Morgan fingerprint density at radius 3 is 2.09 bits per heavy atom. The molecule has 0 aliphatic carbocycles. The number of nitrogens with one attached hydrogen (secondary N) is 2. The van der Waals surface area contributed by atoms with Crippen LogP contribution in [-0.4, -0.2) is 45.1 Å². The van der Waals surface area contributed by atoms with E-state index in [1.54, 1.807) is 45.0 Å². The van der Waals surface area contributed by atoms with Gasteiger partial charge in [0.2, 0.25) is 5.91 Å². The van der Waals surface area contributed by atoms with Crippen LogP contribution in [0.25, 0.3) is 0 Å². The molecule has 3 rings (SSSR count). The molecule has 3 aromatic carbocycles. The zero-order valence-electron chi connectivity index (χ0n) is 27.0. The zero-order valence-corrected chi connectivity index (χ0v) is 27.8. The van der Waals surface area contributed by atoms with Gasteiger partial charge in [0.1, 0.15) is 23.4 Å². The van der Waals surface area contributed by atoms with Gasteiger partial charge in [-0.3, -0.25) is 9.59 Å². The number of nitrogens with zero attached hydrogens (tertiary/aromatic N) is 1. The summed E-state index contributed by atoms with van der Waals surface area (Å²) >= 11 is 6.50. The number of phenolic OH excluding ortho intramolecular Hbond substituents is 1. The van der Waals surface area contributed by atoms with Crippen LogP contribution in [0.3, 0.4) is 0 Å². The molecule has 3 aromatic rings. The van der Waals surface area contributed by atoms with E-state index in [0.29, 0.717) is 21.8 Å². The first-order chi connectivity index (χ1) is 20.4. The molecule has 44 heavy (non-hydrogen) atoms. The van der Waals surface area contributed by atoms with Crippen LogP contribution in [0.15, 0.2) is 60.7 Å². The fraction of sp³-hybridized carbons (Fsp3) is 0.400. The highest BCUT2D eigenvalue weighted by molar-refractivity contribution is 6.34. The molecular formula is C35H44ClN3O5. The van der Waals surface area contributed by atoms with Gasteiger partial charge in [-0.05, 0) is 103 Å². The molecule has 2 atom stereocenters. The Balaban J connectivity index is 2.17. The Hall–Kier alpha value is -4.04. The molecular weight excluding hydrogens is 578 g/mol. The normalized spacial score (nSPS) is 13.0. The van der Waals surface area contributed by atoms with E-state index in [1.165, 1.54) is 17.0 Å². The molecule has 0 radical (unpaired) electrons. The average Bonchev–Trinajstić information content (AvgIpc) is 2.88. The Kier molecular flexibility index (Phi) is 10.7. The van der Waals surface area contributed by atoms with Crippen molar-refractivity contribution in [3.05, 3.63) is 93.5 Å². The number of carbonyl (C=O) groups is 3. The Bertz CT molecular complexity index is 1490. The fourth-order valence-corrected chi connectivity index (χ4v) is 5.31. The molecule has 0 aromatic heterocycles. The van der Waals surface area contributed by atoms with Gasteiger partial charge in [-0.2, -0.15) is 0 Å². The van der Waals surface area contributed by atoms with E-state index < -0.39 is 41.1 Å². The number of para-hydroxylation sites is 1. The summed E-state index contributed by atoms with van der Waals surface area (Å²) in [5.41, 5.74) is 2.74. The molecule has 3 amide bonds. The number of amides is 3. The van der Waals surface area contributed by atoms with Crippen molar-refractivity contribution >= 4 is 35.2 Å². The molecule has 0 aliphatic rings. The standard InChI is InChI=1S/C35H44ClN3O5/c1-21-13-18-26(23(3)19-21)30(31(41)38-29-22(2)11-10-12-27(29)36)39(34(4,5)6)32(42)28(37-33(43)44-35(7,8)9)20-24-14-16-25(40)17-15-24/h10-19,28,30,40H,20H2,1-9H3,(H,37,43)(H,38,41). The second-order valence-electron chi connectivity index (χ2n) is 13.1. The summed E-state index contributed by atoms with van der Waals surface area (Å²) in [7, 11) is 0. The van der Waals surface area contributed by atoms with E-state index in [4.69, 9.17) is 16.3 Å². The predicted molar refractivity (Wildman–Crippen MR) is 175 cm³/mol. The summed E-state index contributed by atoms with van der Waals surface area (Å²) in [4.78, 5) is 43.7. The average molecular weight is 622 g/mol. The first-order valence-electron chi connectivity index (χ1n) is 14.6. The number of benzene rings is 3. The molecule has 0 saturated carbocycles. The van der Waals surface area contributed by atoms with Gasteiger partial charge in [-0.25, -0.2) is 4.79 Å². The Morgan fingerprint density at radius 2 is 1.55 bits per heavy atom. The highest BCUT2D eigenvalue weighted by Gasteiger charge is 2.42. The molecule has 0 saturated heterocycles. The van der Waals surface area contributed by atoms with Crippen LogP contribution in [-0.2, 0) is 20.7 Å². The summed E-state index contributed by atoms with van der Waals surface area (Å²) in [5.74, 6) is -0.848. The Labute approximate surface area is 265 Å². The lowest BCUT2D eigenvalue weighted by molar-refractivity contribution is -0.146. The van der Waals surface area contributed by atoms with Gasteiger partial charge in [0.15, 0.2) is 0 Å². The first-order valence-corrected chi connectivity index (χ1v) is 15.0. The molecule has 0 heterocycles. The van der Waals surface area contributed by atoms with Crippen LogP contribution in [0, 0.1) is 20.8 Å². The number of anilines is 1. The van der Waals surface area contributed by atoms with Crippen molar-refractivity contribution in [2.75, 3.05) is 5.32 Å². The van der Waals surface area contributed by atoms with E-state index in [1.807, 2.05) is 65.8 Å². The summed E-state index contributed by atoms with van der Waals surface area (Å²) < 4.78 is 5.52. The Morgan fingerprint density at radius 1 is 0.909 bits per heavy atom. The smallest absolute Gasteiger partial charge is 0.408 e. The van der Waals surface area contributed by atoms with Gasteiger partial charge in [0.05, 0.1) is 10.7 Å². The maximum absolute atomic E-state index is 14.7. The van der Waals surface area contributed by atoms with Crippen LogP contribution in [0.2, 0.25) is 5.02 Å². The van der Waals surface area contributed by atoms with Gasteiger partial charge in [-0.15, -0.1) is 0 Å². The molecule has 236 valence electrons. The maximum Gasteiger partial charge on any atom is 0.408 e. The lowest BCUT2D eigenvalue weighted by Crippen LogP contribution is -2.58. The number of aryl methyl sites for hydroxylation is 3. The van der Waals surface area contributed by atoms with Crippen molar-refractivity contribution in [2.45, 2.75) is 92.0 Å². The van der Waals surface area contributed by atoms with Gasteiger partial charge in [-0.1, -0.05) is 59.6 Å². The van der Waals surface area contributed by atoms with Crippen molar-refractivity contribution in [3.63, 3.8) is 0 Å². The number of aromatic hydroxyl groups is 1. The molecule has 8 nitrogen and oxygen atoms in total. The van der Waals surface area contributed by atoms with Crippen molar-refractivity contribution in [3.8, 4) is 5.75 Å². The predicted octanol–water partition coefficient (Wildman–Crippen LogP) is 7.41. The van der Waals surface area contributed by atoms with Crippen molar-refractivity contribution in [1.29, 1.82) is 0 Å². The van der Waals surface area contributed by atoms with Crippen LogP contribution in [0.5, 0.6) is 5.75 Å². The number of ether oxygens (including phenoxy) is 1. The molecule has 0 aliphatic heterocycles. The van der Waals surface area contributed by atoms with Gasteiger partial charge in [0.25, 0.3) is 5.91 Å². The third kappa shape index (κ3) is 8.99. The van der Waals surface area contributed by atoms with E-state index in [0.717, 1.165) is 16.7 Å². The number of hydrogen-bond acceptors (Lipinski definition) is 5. The van der Waals surface area contributed by atoms with E-state index in [-0.39, 0.29) is 12.2 Å². The molecule has 2 unspecified atom stereocenters. The van der Waals surface area contributed by atoms with E-state index in [9.17, 15) is 19.5 Å². The molecule has 9 heteroatoms. The molecule has 0 fully saturated rings. The van der Waals surface area contributed by atoms with E-state index in [2.05, 4.69) is 10.6 Å². The minimum absolute atomic E-state index is 0.0782. The number of hydrogen-bond donors (Lipinski definition) is 3. The number of halogens is 1. The zero-order chi connectivity index (χ0) is 33.0. The topological polar surface area (TPSA) is 108 Å². The highest BCUT2D eigenvalue weighted by Crippen LogP contribution is 2.35. The summed E-state index contributed by atoms with van der Waals surface area (Å²) in [6.07, 6.45) is -0.668. The lowest BCUT2D eigenvalue weighted by Gasteiger charge is -2.43. The maximum atomic E-state index is 14.7. The molecule has 3 N–H and O–H groups in total. The van der Waals surface area contributed by atoms with Crippen molar-refractivity contribution < 1.29 is 24.2 Å². The van der Waals surface area contributed by atoms with Crippen LogP contribution in [0.1, 0.15) is 75.4 Å². The second kappa shape index (κ2) is 13.7. The number of alkyl carbamates (subject to hydrolysis) is 1. The minimum Gasteiger partial charge on any atom is -0.508 e. The van der Waals surface area contributed by atoms with Crippen LogP contribution < -0.4 is 10.6 Å². The van der Waals surface area contributed by atoms with E-state index >= 15 is 0 Å². The van der Waals surface area contributed by atoms with Crippen molar-refractivity contribution in [2.24, 2.45) is 0 Å². The summed E-state index contributed by atoms with van der Waals surface area (Å²) in [6, 6.07) is 15.3. The molecule has 0 bridgehead atoms. The summed E-state index contributed by atoms with van der Waals surface area (Å²) in [5, 5.41) is 15.9. The van der Waals surface area contributed by atoms with Gasteiger partial charge in [0, 0.05) is 12.0 Å². The quantitative estimate of drug-likeness (QED) is 0.243.